The van der Waals surface area contributed by atoms with Crippen LogP contribution in [-0.4, -0.2) is 12.6 Å². The minimum atomic E-state index is 0. The van der Waals surface area contributed by atoms with Crippen LogP contribution in [0.1, 0.15) is 25.8 Å². The molecular weight excluding hydrogens is 206 g/mol. The summed E-state index contributed by atoms with van der Waals surface area (Å²) in [6, 6.07) is 11.0. The Labute approximate surface area is 99.0 Å². The van der Waals surface area contributed by atoms with Gasteiger partial charge in [0.05, 0.1) is 0 Å². The van der Waals surface area contributed by atoms with Crippen LogP contribution in [0.4, 0.5) is 0 Å². The third-order valence-electron chi connectivity index (χ3n) is 2.31. The van der Waals surface area contributed by atoms with Crippen LogP contribution < -0.4 is 17.7 Å². The fraction of sp³-hybridized carbons (Fsp3) is 0.385. The molecule has 0 bridgehead atoms. The van der Waals surface area contributed by atoms with Crippen molar-refractivity contribution in [1.29, 1.82) is 0 Å². The van der Waals surface area contributed by atoms with Gasteiger partial charge in [0.15, 0.2) is 0 Å². The van der Waals surface area contributed by atoms with Crippen molar-refractivity contribution in [2.24, 2.45) is 0 Å². The van der Waals surface area contributed by atoms with Gasteiger partial charge in [0, 0.05) is 12.6 Å². The summed E-state index contributed by atoms with van der Waals surface area (Å²) >= 11 is 0. The molecule has 0 aliphatic heterocycles. The monoisotopic (exact) mass is 224 g/mol. The van der Waals surface area contributed by atoms with Crippen LogP contribution in [0.2, 0.25) is 0 Å². The molecule has 1 nitrogen and oxygen atoms in total. The molecule has 0 amide bonds. The quantitative estimate of drug-likeness (QED) is 0.748. The lowest BCUT2D eigenvalue weighted by Gasteiger charge is -2.07. The Hall–Kier alpha value is -0.790. The molecule has 0 aliphatic rings. The van der Waals surface area contributed by atoms with E-state index in [1.165, 1.54) is 12.0 Å². The van der Waals surface area contributed by atoms with Crippen LogP contribution in [-0.2, 0) is 0 Å². The number of hydrogen-bond acceptors (Lipinski definition) is 1. The molecule has 1 atom stereocenters. The number of rotatable bonds is 5. The van der Waals surface area contributed by atoms with Gasteiger partial charge in [-0.15, -0.1) is 0 Å². The van der Waals surface area contributed by atoms with E-state index < -0.39 is 0 Å². The van der Waals surface area contributed by atoms with Crippen LogP contribution in [0.5, 0.6) is 0 Å². The van der Waals surface area contributed by atoms with E-state index in [1.807, 2.05) is 6.07 Å². The Bertz CT molecular complexity index is 269. The molecule has 0 aliphatic carbocycles. The maximum atomic E-state index is 3.42. The molecule has 0 spiro atoms. The smallest absolute Gasteiger partial charge is 0.0140 e. The Kier molecular flexibility index (Phi) is 8.06. The molecule has 0 saturated carbocycles. The molecule has 0 aromatic heterocycles. The van der Waals surface area contributed by atoms with Crippen molar-refractivity contribution in [2.75, 3.05) is 6.54 Å². The standard InChI is InChI=1S/C13H19N.ClH/c1-3-12(2)14-11-7-10-13-8-5-4-6-9-13;/h4-10,12,14H,3,11H2,1-2H3;1H/p-1/b10-7+;. The minimum absolute atomic E-state index is 0. The van der Waals surface area contributed by atoms with Gasteiger partial charge < -0.3 is 17.7 Å². The highest BCUT2D eigenvalue weighted by Gasteiger charge is 1.92. The first-order chi connectivity index (χ1) is 6.83. The van der Waals surface area contributed by atoms with Crippen molar-refractivity contribution >= 4 is 6.08 Å². The fourth-order valence-electron chi connectivity index (χ4n) is 1.17. The van der Waals surface area contributed by atoms with E-state index in [1.54, 1.807) is 0 Å². The van der Waals surface area contributed by atoms with Gasteiger partial charge in [0.25, 0.3) is 0 Å². The lowest BCUT2D eigenvalue weighted by molar-refractivity contribution is -0.00000305. The molecule has 1 aromatic carbocycles. The Balaban J connectivity index is 0.00000196. The lowest BCUT2D eigenvalue weighted by atomic mass is 10.2. The number of benzene rings is 1. The molecular formula is C13H19ClN-. The van der Waals surface area contributed by atoms with Crippen LogP contribution >= 0.6 is 0 Å². The van der Waals surface area contributed by atoms with Crippen LogP contribution in [0.15, 0.2) is 36.4 Å². The SMILES string of the molecule is CCC(C)NC/C=C/c1ccccc1.[Cl-]. The summed E-state index contributed by atoms with van der Waals surface area (Å²) in [5.74, 6) is 0. The highest BCUT2D eigenvalue weighted by atomic mass is 35.5. The first kappa shape index (κ1) is 14.2. The predicted octanol–water partition coefficient (Wildman–Crippen LogP) is 0.0919. The second kappa shape index (κ2) is 8.51. The summed E-state index contributed by atoms with van der Waals surface area (Å²) in [5, 5.41) is 3.42. The average Bonchev–Trinajstić information content (AvgIpc) is 2.25. The molecule has 15 heavy (non-hydrogen) atoms. The highest BCUT2D eigenvalue weighted by molar-refractivity contribution is 5.48. The van der Waals surface area contributed by atoms with Gasteiger partial charge >= 0.3 is 0 Å². The maximum absolute atomic E-state index is 3.42. The summed E-state index contributed by atoms with van der Waals surface area (Å²) in [4.78, 5) is 0. The van der Waals surface area contributed by atoms with E-state index >= 15 is 0 Å². The van der Waals surface area contributed by atoms with E-state index in [0.717, 1.165) is 6.54 Å². The zero-order valence-corrected chi connectivity index (χ0v) is 10.2. The third-order valence-corrected chi connectivity index (χ3v) is 2.31. The van der Waals surface area contributed by atoms with E-state index in [9.17, 15) is 0 Å². The van der Waals surface area contributed by atoms with E-state index in [4.69, 9.17) is 0 Å². The molecule has 1 unspecified atom stereocenters. The summed E-state index contributed by atoms with van der Waals surface area (Å²) in [6.07, 6.45) is 5.50. The van der Waals surface area contributed by atoms with Crippen molar-refractivity contribution in [2.45, 2.75) is 26.3 Å². The highest BCUT2D eigenvalue weighted by Crippen LogP contribution is 2.00. The van der Waals surface area contributed by atoms with Crippen molar-refractivity contribution in [1.82, 2.24) is 5.32 Å². The molecule has 2 heteroatoms. The molecule has 84 valence electrons. The zero-order chi connectivity index (χ0) is 10.2. The summed E-state index contributed by atoms with van der Waals surface area (Å²) in [6.45, 7) is 5.35. The van der Waals surface area contributed by atoms with Gasteiger partial charge in [-0.2, -0.15) is 0 Å². The Morgan fingerprint density at radius 3 is 2.53 bits per heavy atom. The number of nitrogens with one attached hydrogen (secondary N) is 1. The zero-order valence-electron chi connectivity index (χ0n) is 9.41. The average molecular weight is 225 g/mol. The number of hydrogen-bond donors (Lipinski definition) is 1. The van der Waals surface area contributed by atoms with Crippen molar-refractivity contribution in [3.8, 4) is 0 Å². The number of halogens is 1. The Morgan fingerprint density at radius 1 is 1.27 bits per heavy atom. The van der Waals surface area contributed by atoms with Crippen LogP contribution in [0.25, 0.3) is 6.08 Å². The summed E-state index contributed by atoms with van der Waals surface area (Å²) in [7, 11) is 0. The van der Waals surface area contributed by atoms with E-state index in [-0.39, 0.29) is 12.4 Å². The van der Waals surface area contributed by atoms with Crippen molar-refractivity contribution < 1.29 is 12.4 Å². The summed E-state index contributed by atoms with van der Waals surface area (Å²) < 4.78 is 0. The molecule has 1 rings (SSSR count). The molecule has 1 aromatic rings. The molecule has 1 N–H and O–H groups in total. The van der Waals surface area contributed by atoms with Gasteiger partial charge in [0.2, 0.25) is 0 Å². The summed E-state index contributed by atoms with van der Waals surface area (Å²) in [5.41, 5.74) is 1.26. The van der Waals surface area contributed by atoms with Gasteiger partial charge in [0.1, 0.15) is 0 Å². The maximum Gasteiger partial charge on any atom is 0.0140 e. The topological polar surface area (TPSA) is 12.0 Å². The second-order valence-electron chi connectivity index (χ2n) is 3.53. The van der Waals surface area contributed by atoms with Gasteiger partial charge in [-0.3, -0.25) is 0 Å². The molecule has 0 saturated heterocycles. The van der Waals surface area contributed by atoms with E-state index in [2.05, 4.69) is 55.6 Å². The van der Waals surface area contributed by atoms with Gasteiger partial charge in [-0.1, -0.05) is 49.4 Å². The largest absolute Gasteiger partial charge is 1.00 e. The first-order valence-electron chi connectivity index (χ1n) is 5.28. The minimum Gasteiger partial charge on any atom is -1.00 e. The molecule has 0 radical (unpaired) electrons. The lowest BCUT2D eigenvalue weighted by Crippen LogP contribution is -3.00. The normalized spacial score (nSPS) is 12.4. The predicted molar refractivity (Wildman–Crippen MR) is 63.2 cm³/mol. The molecule has 0 heterocycles. The first-order valence-corrected chi connectivity index (χ1v) is 5.28. The van der Waals surface area contributed by atoms with Crippen LogP contribution in [0.3, 0.4) is 0 Å². The molecule has 0 fully saturated rings. The van der Waals surface area contributed by atoms with Gasteiger partial charge in [-0.25, -0.2) is 0 Å². The van der Waals surface area contributed by atoms with Gasteiger partial charge in [-0.05, 0) is 18.9 Å². The van der Waals surface area contributed by atoms with E-state index in [0.29, 0.717) is 6.04 Å². The van der Waals surface area contributed by atoms with Crippen molar-refractivity contribution in [3.05, 3.63) is 42.0 Å². The fourth-order valence-corrected chi connectivity index (χ4v) is 1.17. The Morgan fingerprint density at radius 2 is 1.93 bits per heavy atom. The van der Waals surface area contributed by atoms with Crippen LogP contribution in [0, 0.1) is 0 Å². The van der Waals surface area contributed by atoms with Crippen molar-refractivity contribution in [3.63, 3.8) is 0 Å². The third kappa shape index (κ3) is 6.32. The second-order valence-corrected chi connectivity index (χ2v) is 3.53.